The van der Waals surface area contributed by atoms with E-state index in [1.807, 2.05) is 25.1 Å². The molecule has 0 aromatic heterocycles. The SMILES string of the molecule is CCC(CC)C(=O)C=CCN(C)C. The molecule has 0 rings (SSSR count). The third kappa shape index (κ3) is 5.58. The fourth-order valence-electron chi connectivity index (χ4n) is 1.21. The standard InChI is InChI=1S/C11H21NO/c1-5-10(6-2)11(13)8-7-9-12(3)4/h7-8,10H,5-6,9H2,1-4H3. The molecule has 0 fully saturated rings. The van der Waals surface area contributed by atoms with Crippen molar-refractivity contribution in [2.24, 2.45) is 5.92 Å². The molecule has 2 nitrogen and oxygen atoms in total. The number of carbonyl (C=O) groups excluding carboxylic acids is 1. The summed E-state index contributed by atoms with van der Waals surface area (Å²) < 4.78 is 0. The van der Waals surface area contributed by atoms with Crippen molar-refractivity contribution in [3.63, 3.8) is 0 Å². The maximum atomic E-state index is 11.5. The average molecular weight is 183 g/mol. The molecule has 0 aliphatic carbocycles. The zero-order chi connectivity index (χ0) is 10.3. The summed E-state index contributed by atoms with van der Waals surface area (Å²) in [6.45, 7) is 4.96. The van der Waals surface area contributed by atoms with Crippen molar-refractivity contribution in [2.45, 2.75) is 26.7 Å². The van der Waals surface area contributed by atoms with Gasteiger partial charge in [-0.3, -0.25) is 4.79 Å². The summed E-state index contributed by atoms with van der Waals surface area (Å²) in [5.41, 5.74) is 0. The summed E-state index contributed by atoms with van der Waals surface area (Å²) in [4.78, 5) is 13.5. The lowest BCUT2D eigenvalue weighted by molar-refractivity contribution is -0.118. The molecular formula is C11H21NO. The van der Waals surface area contributed by atoms with Crippen molar-refractivity contribution in [3.8, 4) is 0 Å². The monoisotopic (exact) mass is 183 g/mol. The maximum absolute atomic E-state index is 11.5. The zero-order valence-electron chi connectivity index (χ0n) is 9.21. The topological polar surface area (TPSA) is 20.3 Å². The van der Waals surface area contributed by atoms with E-state index in [0.717, 1.165) is 19.4 Å². The summed E-state index contributed by atoms with van der Waals surface area (Å²) in [6.07, 6.45) is 5.54. The van der Waals surface area contributed by atoms with Gasteiger partial charge in [0.15, 0.2) is 5.78 Å². The Balaban J connectivity index is 3.90. The van der Waals surface area contributed by atoms with Crippen LogP contribution in [0.3, 0.4) is 0 Å². The Morgan fingerprint density at radius 3 is 2.23 bits per heavy atom. The van der Waals surface area contributed by atoms with Crippen molar-refractivity contribution >= 4 is 5.78 Å². The quantitative estimate of drug-likeness (QED) is 0.588. The molecule has 0 atom stereocenters. The Labute approximate surface area is 81.6 Å². The van der Waals surface area contributed by atoms with Gasteiger partial charge in [0.2, 0.25) is 0 Å². The van der Waals surface area contributed by atoms with Crippen LogP contribution in [0.2, 0.25) is 0 Å². The highest BCUT2D eigenvalue weighted by Gasteiger charge is 2.09. The summed E-state index contributed by atoms with van der Waals surface area (Å²) in [5.74, 6) is 0.491. The van der Waals surface area contributed by atoms with E-state index >= 15 is 0 Å². The fraction of sp³-hybridized carbons (Fsp3) is 0.727. The average Bonchev–Trinajstić information content (AvgIpc) is 2.05. The predicted octanol–water partition coefficient (Wildman–Crippen LogP) is 2.11. The number of ketones is 1. The second-order valence-corrected chi connectivity index (χ2v) is 3.58. The number of hydrogen-bond donors (Lipinski definition) is 0. The van der Waals surface area contributed by atoms with Crippen LogP contribution in [-0.4, -0.2) is 31.3 Å². The summed E-state index contributed by atoms with van der Waals surface area (Å²) in [5, 5.41) is 0. The molecule has 0 saturated heterocycles. The number of allylic oxidation sites excluding steroid dienone is 1. The van der Waals surface area contributed by atoms with Crippen LogP contribution in [0.25, 0.3) is 0 Å². The van der Waals surface area contributed by atoms with E-state index in [9.17, 15) is 4.79 Å². The van der Waals surface area contributed by atoms with Crippen LogP contribution in [0.4, 0.5) is 0 Å². The van der Waals surface area contributed by atoms with E-state index in [4.69, 9.17) is 0 Å². The highest BCUT2D eigenvalue weighted by atomic mass is 16.1. The van der Waals surface area contributed by atoms with Gasteiger partial charge >= 0.3 is 0 Å². The summed E-state index contributed by atoms with van der Waals surface area (Å²) in [6, 6.07) is 0. The van der Waals surface area contributed by atoms with Gasteiger partial charge in [0, 0.05) is 12.5 Å². The minimum atomic E-state index is 0.221. The van der Waals surface area contributed by atoms with Gasteiger partial charge in [-0.15, -0.1) is 0 Å². The Morgan fingerprint density at radius 2 is 1.85 bits per heavy atom. The van der Waals surface area contributed by atoms with Crippen molar-refractivity contribution in [1.29, 1.82) is 0 Å². The molecule has 0 unspecified atom stereocenters. The second-order valence-electron chi connectivity index (χ2n) is 3.58. The van der Waals surface area contributed by atoms with Crippen LogP contribution in [0.5, 0.6) is 0 Å². The largest absolute Gasteiger partial charge is 0.306 e. The Morgan fingerprint density at radius 1 is 1.31 bits per heavy atom. The maximum Gasteiger partial charge on any atom is 0.158 e. The normalized spacial score (nSPS) is 11.8. The van der Waals surface area contributed by atoms with Gasteiger partial charge in [-0.05, 0) is 33.0 Å². The smallest absolute Gasteiger partial charge is 0.158 e. The van der Waals surface area contributed by atoms with Gasteiger partial charge in [0.25, 0.3) is 0 Å². The van der Waals surface area contributed by atoms with Crippen molar-refractivity contribution in [1.82, 2.24) is 4.90 Å². The molecule has 0 aromatic rings. The van der Waals surface area contributed by atoms with Crippen LogP contribution in [-0.2, 0) is 4.79 Å². The number of hydrogen-bond acceptors (Lipinski definition) is 2. The number of likely N-dealkylation sites (N-methyl/N-ethyl adjacent to an activating group) is 1. The zero-order valence-corrected chi connectivity index (χ0v) is 9.21. The van der Waals surface area contributed by atoms with E-state index in [0.29, 0.717) is 0 Å². The first-order chi connectivity index (χ1) is 6.11. The van der Waals surface area contributed by atoms with Gasteiger partial charge in [-0.25, -0.2) is 0 Å². The lowest BCUT2D eigenvalue weighted by Gasteiger charge is -2.07. The lowest BCUT2D eigenvalue weighted by Crippen LogP contribution is -2.13. The van der Waals surface area contributed by atoms with Crippen LogP contribution in [0, 0.1) is 5.92 Å². The number of rotatable bonds is 6. The van der Waals surface area contributed by atoms with Crippen molar-refractivity contribution < 1.29 is 4.79 Å². The van der Waals surface area contributed by atoms with E-state index in [2.05, 4.69) is 13.8 Å². The highest BCUT2D eigenvalue weighted by Crippen LogP contribution is 2.09. The van der Waals surface area contributed by atoms with Gasteiger partial charge in [-0.1, -0.05) is 19.9 Å². The molecule has 0 saturated carbocycles. The van der Waals surface area contributed by atoms with E-state index in [1.54, 1.807) is 6.08 Å². The van der Waals surface area contributed by atoms with Gasteiger partial charge < -0.3 is 4.90 Å². The molecule has 13 heavy (non-hydrogen) atoms. The summed E-state index contributed by atoms with van der Waals surface area (Å²) in [7, 11) is 3.98. The molecule has 0 aliphatic heterocycles. The molecular weight excluding hydrogens is 162 g/mol. The van der Waals surface area contributed by atoms with Gasteiger partial charge in [-0.2, -0.15) is 0 Å². The predicted molar refractivity (Wildman–Crippen MR) is 56.8 cm³/mol. The van der Waals surface area contributed by atoms with Gasteiger partial charge in [0.05, 0.1) is 0 Å². The first kappa shape index (κ1) is 12.4. The fourth-order valence-corrected chi connectivity index (χ4v) is 1.21. The van der Waals surface area contributed by atoms with Crippen LogP contribution < -0.4 is 0 Å². The first-order valence-corrected chi connectivity index (χ1v) is 4.96. The molecule has 0 aliphatic rings. The Hall–Kier alpha value is -0.630. The van der Waals surface area contributed by atoms with Gasteiger partial charge in [0.1, 0.15) is 0 Å². The minimum absolute atomic E-state index is 0.221. The van der Waals surface area contributed by atoms with Crippen molar-refractivity contribution in [3.05, 3.63) is 12.2 Å². The first-order valence-electron chi connectivity index (χ1n) is 4.96. The third-order valence-corrected chi connectivity index (χ3v) is 2.14. The molecule has 0 aromatic carbocycles. The molecule has 0 bridgehead atoms. The van der Waals surface area contributed by atoms with Crippen LogP contribution >= 0.6 is 0 Å². The molecule has 0 spiro atoms. The van der Waals surface area contributed by atoms with Crippen LogP contribution in [0.1, 0.15) is 26.7 Å². The molecule has 0 heterocycles. The van der Waals surface area contributed by atoms with E-state index < -0.39 is 0 Å². The Kier molecular flexibility index (Phi) is 6.51. The third-order valence-electron chi connectivity index (χ3n) is 2.14. The Bertz CT molecular complexity index is 169. The number of carbonyl (C=O) groups is 1. The molecule has 0 amide bonds. The lowest BCUT2D eigenvalue weighted by atomic mass is 9.98. The highest BCUT2D eigenvalue weighted by molar-refractivity contribution is 5.91. The van der Waals surface area contributed by atoms with Crippen LogP contribution in [0.15, 0.2) is 12.2 Å². The molecule has 0 radical (unpaired) electrons. The summed E-state index contributed by atoms with van der Waals surface area (Å²) >= 11 is 0. The second kappa shape index (κ2) is 6.84. The molecule has 0 N–H and O–H groups in total. The van der Waals surface area contributed by atoms with Crippen molar-refractivity contribution in [2.75, 3.05) is 20.6 Å². The minimum Gasteiger partial charge on any atom is -0.306 e. The molecule has 2 heteroatoms. The van der Waals surface area contributed by atoms with E-state index in [-0.39, 0.29) is 11.7 Å². The van der Waals surface area contributed by atoms with E-state index in [1.165, 1.54) is 0 Å². The number of nitrogens with zero attached hydrogens (tertiary/aromatic N) is 1. The molecule has 76 valence electrons.